The summed E-state index contributed by atoms with van der Waals surface area (Å²) < 4.78 is 1.98. The number of nitrogens with one attached hydrogen (secondary N) is 1. The van der Waals surface area contributed by atoms with Gasteiger partial charge in [0.25, 0.3) is 5.91 Å². The zero-order valence-corrected chi connectivity index (χ0v) is 18.0. The third-order valence-corrected chi connectivity index (χ3v) is 5.24. The third kappa shape index (κ3) is 5.36. The van der Waals surface area contributed by atoms with Crippen LogP contribution < -0.4 is 15.1 Å². The lowest BCUT2D eigenvalue weighted by atomic mass is 10.1. The van der Waals surface area contributed by atoms with Crippen molar-refractivity contribution < 1.29 is 4.79 Å². The summed E-state index contributed by atoms with van der Waals surface area (Å²) in [6.07, 6.45) is 8.97. The molecule has 0 radical (unpaired) electrons. The molecule has 1 amide bonds. The molecule has 9 heteroatoms. The minimum Gasteiger partial charge on any atom is -0.347 e. The predicted molar refractivity (Wildman–Crippen MR) is 119 cm³/mol. The van der Waals surface area contributed by atoms with E-state index in [0.717, 1.165) is 38.0 Å². The molecule has 162 valence electrons. The van der Waals surface area contributed by atoms with E-state index in [0.29, 0.717) is 23.3 Å². The molecule has 0 atom stereocenters. The number of anilines is 2. The first kappa shape index (κ1) is 20.8. The van der Waals surface area contributed by atoms with Crippen LogP contribution in [0.15, 0.2) is 43.0 Å². The number of amides is 1. The van der Waals surface area contributed by atoms with Crippen molar-refractivity contribution >= 4 is 17.8 Å². The van der Waals surface area contributed by atoms with Gasteiger partial charge in [0.15, 0.2) is 5.82 Å². The highest BCUT2D eigenvalue weighted by molar-refractivity contribution is 5.94. The van der Waals surface area contributed by atoms with Crippen LogP contribution in [0.4, 0.5) is 11.9 Å². The summed E-state index contributed by atoms with van der Waals surface area (Å²) in [6, 6.07) is 7.58. The summed E-state index contributed by atoms with van der Waals surface area (Å²) in [7, 11) is 3.81. The first-order valence-electron chi connectivity index (χ1n) is 10.6. The van der Waals surface area contributed by atoms with Crippen molar-refractivity contribution in [3.8, 4) is 0 Å². The summed E-state index contributed by atoms with van der Waals surface area (Å²) in [5.74, 6) is 1.69. The molecule has 4 rings (SSSR count). The van der Waals surface area contributed by atoms with Crippen LogP contribution in [0.25, 0.3) is 0 Å². The van der Waals surface area contributed by atoms with Gasteiger partial charge >= 0.3 is 0 Å². The van der Waals surface area contributed by atoms with Gasteiger partial charge in [0, 0.05) is 51.7 Å². The van der Waals surface area contributed by atoms with E-state index in [1.807, 2.05) is 54.0 Å². The van der Waals surface area contributed by atoms with E-state index in [-0.39, 0.29) is 12.5 Å². The first-order chi connectivity index (χ1) is 15.1. The Hall–Kier alpha value is -3.49. The molecule has 3 heterocycles. The van der Waals surface area contributed by atoms with Gasteiger partial charge < -0.3 is 19.7 Å². The van der Waals surface area contributed by atoms with Crippen LogP contribution in [0.1, 0.15) is 41.0 Å². The number of benzene rings is 1. The molecule has 0 unspecified atom stereocenters. The Bertz CT molecular complexity index is 995. The van der Waals surface area contributed by atoms with Crippen LogP contribution in [-0.2, 0) is 13.1 Å². The molecule has 1 aliphatic heterocycles. The van der Waals surface area contributed by atoms with Gasteiger partial charge in [-0.2, -0.15) is 15.0 Å². The van der Waals surface area contributed by atoms with Crippen molar-refractivity contribution in [2.75, 3.05) is 37.0 Å². The van der Waals surface area contributed by atoms with Gasteiger partial charge in [-0.15, -0.1) is 0 Å². The lowest BCUT2D eigenvalue weighted by Crippen LogP contribution is -2.32. The number of imidazole rings is 1. The average molecular weight is 421 g/mol. The fourth-order valence-electron chi connectivity index (χ4n) is 3.52. The van der Waals surface area contributed by atoms with Crippen molar-refractivity contribution in [2.24, 2.45) is 0 Å². The monoisotopic (exact) mass is 420 g/mol. The Balaban J connectivity index is 1.41. The Labute approximate surface area is 182 Å². The highest BCUT2D eigenvalue weighted by atomic mass is 16.1. The fourth-order valence-corrected chi connectivity index (χ4v) is 3.52. The van der Waals surface area contributed by atoms with Crippen LogP contribution in [-0.4, -0.2) is 57.6 Å². The van der Waals surface area contributed by atoms with E-state index in [2.05, 4.69) is 30.2 Å². The Morgan fingerprint density at radius 3 is 2.52 bits per heavy atom. The Morgan fingerprint density at radius 2 is 1.84 bits per heavy atom. The van der Waals surface area contributed by atoms with Crippen molar-refractivity contribution in [3.05, 3.63) is 59.9 Å². The predicted octanol–water partition coefficient (Wildman–Crippen LogP) is 2.10. The fraction of sp³-hybridized carbons (Fsp3) is 0.409. The molecule has 1 saturated heterocycles. The number of aromatic nitrogens is 5. The topological polar surface area (TPSA) is 92.1 Å². The number of carbonyl (C=O) groups is 1. The first-order valence-corrected chi connectivity index (χ1v) is 10.6. The second kappa shape index (κ2) is 9.55. The summed E-state index contributed by atoms with van der Waals surface area (Å²) in [4.78, 5) is 34.4. The van der Waals surface area contributed by atoms with E-state index < -0.39 is 0 Å². The second-order valence-corrected chi connectivity index (χ2v) is 7.91. The molecule has 1 N–H and O–H groups in total. The Kier molecular flexibility index (Phi) is 6.40. The van der Waals surface area contributed by atoms with Gasteiger partial charge in [-0.25, -0.2) is 4.98 Å². The molecular weight excluding hydrogens is 392 g/mol. The number of hydrogen-bond donors (Lipinski definition) is 1. The van der Waals surface area contributed by atoms with Gasteiger partial charge in [-0.3, -0.25) is 4.79 Å². The van der Waals surface area contributed by atoms with E-state index >= 15 is 0 Å². The highest BCUT2D eigenvalue weighted by Crippen LogP contribution is 2.18. The highest BCUT2D eigenvalue weighted by Gasteiger charge is 2.17. The van der Waals surface area contributed by atoms with Gasteiger partial charge in [0.2, 0.25) is 11.9 Å². The molecule has 1 aliphatic rings. The molecule has 1 fully saturated rings. The van der Waals surface area contributed by atoms with Crippen molar-refractivity contribution in [3.63, 3.8) is 0 Å². The van der Waals surface area contributed by atoms with Gasteiger partial charge in [0.05, 0.1) is 12.9 Å². The van der Waals surface area contributed by atoms with E-state index in [4.69, 9.17) is 0 Å². The maximum Gasteiger partial charge on any atom is 0.251 e. The third-order valence-electron chi connectivity index (χ3n) is 5.24. The number of carbonyl (C=O) groups excluding carboxylic acids is 1. The van der Waals surface area contributed by atoms with Crippen LogP contribution in [0.5, 0.6) is 0 Å². The second-order valence-electron chi connectivity index (χ2n) is 7.91. The van der Waals surface area contributed by atoms with Crippen molar-refractivity contribution in [2.45, 2.75) is 32.4 Å². The smallest absolute Gasteiger partial charge is 0.251 e. The van der Waals surface area contributed by atoms with E-state index in [1.54, 1.807) is 12.5 Å². The Morgan fingerprint density at radius 1 is 1.06 bits per heavy atom. The maximum atomic E-state index is 12.6. The molecule has 31 heavy (non-hydrogen) atoms. The SMILES string of the molecule is CN(C)c1nc(CNC(=O)c2ccc(Cn3ccnc3)cc2)nc(N2CCCCC2)n1. The van der Waals surface area contributed by atoms with Crippen molar-refractivity contribution in [1.82, 2.24) is 29.8 Å². The standard InChI is InChI=1S/C22H28N8O/c1-28(2)21-25-19(26-22(27-21)30-11-4-3-5-12-30)14-24-20(31)18-8-6-17(7-9-18)15-29-13-10-23-16-29/h6-10,13,16H,3-5,11-12,14-15H2,1-2H3,(H,24,31). The molecule has 0 spiro atoms. The zero-order valence-electron chi connectivity index (χ0n) is 18.0. The van der Waals surface area contributed by atoms with Crippen LogP contribution in [0.3, 0.4) is 0 Å². The number of nitrogens with zero attached hydrogens (tertiary/aromatic N) is 7. The molecule has 0 saturated carbocycles. The minimum absolute atomic E-state index is 0.152. The zero-order chi connectivity index (χ0) is 21.6. The number of rotatable bonds is 7. The van der Waals surface area contributed by atoms with Gasteiger partial charge in [0.1, 0.15) is 0 Å². The summed E-state index contributed by atoms with van der Waals surface area (Å²) in [5.41, 5.74) is 1.71. The summed E-state index contributed by atoms with van der Waals surface area (Å²) in [6.45, 7) is 2.88. The summed E-state index contributed by atoms with van der Waals surface area (Å²) in [5, 5.41) is 2.93. The van der Waals surface area contributed by atoms with E-state index in [9.17, 15) is 4.79 Å². The minimum atomic E-state index is -0.152. The van der Waals surface area contributed by atoms with Crippen LogP contribution >= 0.6 is 0 Å². The molecule has 3 aromatic rings. The largest absolute Gasteiger partial charge is 0.347 e. The number of piperidine rings is 1. The van der Waals surface area contributed by atoms with Gasteiger partial charge in [-0.1, -0.05) is 12.1 Å². The summed E-state index contributed by atoms with van der Waals surface area (Å²) >= 11 is 0. The normalized spacial score (nSPS) is 13.8. The number of hydrogen-bond acceptors (Lipinski definition) is 7. The molecule has 0 aliphatic carbocycles. The molecule has 0 bridgehead atoms. The molecule has 2 aromatic heterocycles. The average Bonchev–Trinajstić information content (AvgIpc) is 3.31. The molecule has 9 nitrogen and oxygen atoms in total. The lowest BCUT2D eigenvalue weighted by Gasteiger charge is -2.27. The van der Waals surface area contributed by atoms with Gasteiger partial charge in [-0.05, 0) is 37.0 Å². The van der Waals surface area contributed by atoms with Crippen molar-refractivity contribution in [1.29, 1.82) is 0 Å². The molecule has 1 aromatic carbocycles. The van der Waals surface area contributed by atoms with Crippen LogP contribution in [0.2, 0.25) is 0 Å². The van der Waals surface area contributed by atoms with E-state index in [1.165, 1.54) is 6.42 Å². The molecular formula is C22H28N8O. The quantitative estimate of drug-likeness (QED) is 0.626. The lowest BCUT2D eigenvalue weighted by molar-refractivity contribution is 0.0950. The maximum absolute atomic E-state index is 12.6. The van der Waals surface area contributed by atoms with Crippen LogP contribution in [0, 0.1) is 0 Å².